The van der Waals surface area contributed by atoms with Crippen LogP contribution in [0.5, 0.6) is 0 Å². The van der Waals surface area contributed by atoms with Gasteiger partial charge in [0.15, 0.2) is 0 Å². The molecule has 0 spiro atoms. The standard InChI is InChI=1S/C9H14N2O2/c1-3-8-10-7(2)6-11(8)5-4-9(12)13/h6H,3-5H2,1-2H3,(H,12,13). The van der Waals surface area contributed by atoms with E-state index in [1.165, 1.54) is 0 Å². The summed E-state index contributed by atoms with van der Waals surface area (Å²) in [6, 6.07) is 0. The van der Waals surface area contributed by atoms with Crippen molar-refractivity contribution in [2.24, 2.45) is 0 Å². The van der Waals surface area contributed by atoms with Crippen molar-refractivity contribution in [3.05, 3.63) is 17.7 Å². The lowest BCUT2D eigenvalue weighted by Crippen LogP contribution is -2.06. The summed E-state index contributed by atoms with van der Waals surface area (Å²) < 4.78 is 1.91. The number of carboxylic acid groups (broad SMARTS) is 1. The molecule has 0 unspecified atom stereocenters. The van der Waals surface area contributed by atoms with E-state index in [9.17, 15) is 4.79 Å². The third-order valence-corrected chi connectivity index (χ3v) is 1.86. The van der Waals surface area contributed by atoms with E-state index in [-0.39, 0.29) is 6.42 Å². The number of carboxylic acids is 1. The lowest BCUT2D eigenvalue weighted by molar-refractivity contribution is -0.137. The zero-order valence-electron chi connectivity index (χ0n) is 7.95. The van der Waals surface area contributed by atoms with Crippen LogP contribution in [-0.2, 0) is 17.8 Å². The van der Waals surface area contributed by atoms with E-state index in [0.29, 0.717) is 6.54 Å². The predicted octanol–water partition coefficient (Wildman–Crippen LogP) is 1.23. The summed E-state index contributed by atoms with van der Waals surface area (Å²) in [5.74, 6) is 0.187. The van der Waals surface area contributed by atoms with Gasteiger partial charge < -0.3 is 9.67 Å². The molecule has 13 heavy (non-hydrogen) atoms. The molecule has 1 N–H and O–H groups in total. The van der Waals surface area contributed by atoms with Crippen molar-refractivity contribution < 1.29 is 9.90 Å². The molecule has 0 atom stereocenters. The van der Waals surface area contributed by atoms with Crippen LogP contribution in [0.1, 0.15) is 24.9 Å². The Morgan fingerprint density at radius 2 is 2.38 bits per heavy atom. The lowest BCUT2D eigenvalue weighted by atomic mass is 10.4. The van der Waals surface area contributed by atoms with Crippen LogP contribution in [0, 0.1) is 6.92 Å². The van der Waals surface area contributed by atoms with E-state index in [2.05, 4.69) is 4.98 Å². The number of aromatic nitrogens is 2. The minimum Gasteiger partial charge on any atom is -0.481 e. The van der Waals surface area contributed by atoms with Crippen molar-refractivity contribution in [3.63, 3.8) is 0 Å². The second-order valence-corrected chi connectivity index (χ2v) is 2.99. The number of carbonyl (C=O) groups is 1. The van der Waals surface area contributed by atoms with Crippen LogP contribution in [0.2, 0.25) is 0 Å². The highest BCUT2D eigenvalue weighted by atomic mass is 16.4. The first-order valence-electron chi connectivity index (χ1n) is 4.38. The van der Waals surface area contributed by atoms with E-state index < -0.39 is 5.97 Å². The van der Waals surface area contributed by atoms with Crippen LogP contribution in [0.15, 0.2) is 6.20 Å². The first kappa shape index (κ1) is 9.77. The number of rotatable bonds is 4. The summed E-state index contributed by atoms with van der Waals surface area (Å²) >= 11 is 0. The monoisotopic (exact) mass is 182 g/mol. The number of imidazole rings is 1. The molecule has 0 saturated heterocycles. The van der Waals surface area contributed by atoms with Gasteiger partial charge in [0.2, 0.25) is 0 Å². The fraction of sp³-hybridized carbons (Fsp3) is 0.556. The molecule has 1 rings (SSSR count). The average molecular weight is 182 g/mol. The Labute approximate surface area is 77.2 Å². The number of hydrogen-bond acceptors (Lipinski definition) is 2. The molecule has 4 heteroatoms. The zero-order valence-corrected chi connectivity index (χ0v) is 7.95. The largest absolute Gasteiger partial charge is 0.481 e. The Morgan fingerprint density at radius 1 is 1.69 bits per heavy atom. The molecule has 0 fully saturated rings. The molecule has 0 aliphatic heterocycles. The highest BCUT2D eigenvalue weighted by molar-refractivity contribution is 5.66. The predicted molar refractivity (Wildman–Crippen MR) is 48.6 cm³/mol. The molecule has 0 bridgehead atoms. The second kappa shape index (κ2) is 4.07. The summed E-state index contributed by atoms with van der Waals surface area (Å²) in [4.78, 5) is 14.6. The molecule has 0 saturated carbocycles. The molecule has 72 valence electrons. The molecule has 0 aliphatic rings. The van der Waals surface area contributed by atoms with Gasteiger partial charge in [-0.05, 0) is 6.92 Å². The van der Waals surface area contributed by atoms with E-state index in [1.807, 2.05) is 24.6 Å². The molecule has 0 amide bonds. The lowest BCUT2D eigenvalue weighted by Gasteiger charge is -2.02. The summed E-state index contributed by atoms with van der Waals surface area (Å²) in [5.41, 5.74) is 0.947. The van der Waals surface area contributed by atoms with Gasteiger partial charge in [0.25, 0.3) is 0 Å². The van der Waals surface area contributed by atoms with Crippen LogP contribution in [0.3, 0.4) is 0 Å². The topological polar surface area (TPSA) is 55.1 Å². The van der Waals surface area contributed by atoms with Crippen LogP contribution < -0.4 is 0 Å². The van der Waals surface area contributed by atoms with Gasteiger partial charge in [0.1, 0.15) is 5.82 Å². The van der Waals surface area contributed by atoms with Crippen LogP contribution >= 0.6 is 0 Å². The summed E-state index contributed by atoms with van der Waals surface area (Å²) in [7, 11) is 0. The highest BCUT2D eigenvalue weighted by Crippen LogP contribution is 2.04. The van der Waals surface area contributed by atoms with E-state index in [0.717, 1.165) is 17.9 Å². The fourth-order valence-corrected chi connectivity index (χ4v) is 1.29. The molecule has 1 aromatic heterocycles. The molecular formula is C9H14N2O2. The van der Waals surface area contributed by atoms with Crippen molar-refractivity contribution in [1.82, 2.24) is 9.55 Å². The maximum absolute atomic E-state index is 10.3. The van der Waals surface area contributed by atoms with Gasteiger partial charge >= 0.3 is 5.97 Å². The third kappa shape index (κ3) is 2.57. The highest BCUT2D eigenvalue weighted by Gasteiger charge is 2.04. The van der Waals surface area contributed by atoms with Gasteiger partial charge in [-0.25, -0.2) is 4.98 Å². The molecule has 1 aromatic rings. The van der Waals surface area contributed by atoms with Crippen molar-refractivity contribution in [1.29, 1.82) is 0 Å². The van der Waals surface area contributed by atoms with Gasteiger partial charge in [0, 0.05) is 19.2 Å². The van der Waals surface area contributed by atoms with Gasteiger partial charge in [-0.1, -0.05) is 6.92 Å². The average Bonchev–Trinajstić information content (AvgIpc) is 2.42. The molecule has 4 nitrogen and oxygen atoms in total. The first-order valence-corrected chi connectivity index (χ1v) is 4.38. The minimum atomic E-state index is -0.770. The Balaban J connectivity index is 2.69. The van der Waals surface area contributed by atoms with Crippen molar-refractivity contribution in [2.45, 2.75) is 33.2 Å². The van der Waals surface area contributed by atoms with Crippen molar-refractivity contribution in [2.75, 3.05) is 0 Å². The van der Waals surface area contributed by atoms with Crippen molar-refractivity contribution in [3.8, 4) is 0 Å². The SMILES string of the molecule is CCc1nc(C)cn1CCC(=O)O. The second-order valence-electron chi connectivity index (χ2n) is 2.99. The maximum Gasteiger partial charge on any atom is 0.305 e. The van der Waals surface area contributed by atoms with Crippen LogP contribution in [-0.4, -0.2) is 20.6 Å². The summed E-state index contributed by atoms with van der Waals surface area (Å²) in [6.45, 7) is 4.44. The van der Waals surface area contributed by atoms with Crippen molar-refractivity contribution >= 4 is 5.97 Å². The van der Waals surface area contributed by atoms with E-state index >= 15 is 0 Å². The van der Waals surface area contributed by atoms with Crippen LogP contribution in [0.4, 0.5) is 0 Å². The van der Waals surface area contributed by atoms with E-state index in [4.69, 9.17) is 5.11 Å². The smallest absolute Gasteiger partial charge is 0.305 e. The number of aryl methyl sites for hydroxylation is 3. The Kier molecular flexibility index (Phi) is 3.06. The fourth-order valence-electron chi connectivity index (χ4n) is 1.29. The quantitative estimate of drug-likeness (QED) is 0.761. The zero-order chi connectivity index (χ0) is 9.84. The molecule has 0 aromatic carbocycles. The number of hydrogen-bond donors (Lipinski definition) is 1. The molecule has 1 heterocycles. The van der Waals surface area contributed by atoms with Gasteiger partial charge in [-0.3, -0.25) is 4.79 Å². The Hall–Kier alpha value is -1.32. The summed E-state index contributed by atoms with van der Waals surface area (Å²) in [6.07, 6.45) is 2.89. The van der Waals surface area contributed by atoms with Gasteiger partial charge in [0.05, 0.1) is 12.1 Å². The Bertz CT molecular complexity index is 305. The van der Waals surface area contributed by atoms with Gasteiger partial charge in [-0.2, -0.15) is 0 Å². The Morgan fingerprint density at radius 3 is 2.92 bits per heavy atom. The van der Waals surface area contributed by atoms with E-state index in [1.54, 1.807) is 0 Å². The molecule has 0 aliphatic carbocycles. The normalized spacial score (nSPS) is 10.3. The molecule has 0 radical (unpaired) electrons. The number of nitrogens with zero attached hydrogens (tertiary/aromatic N) is 2. The van der Waals surface area contributed by atoms with Crippen LogP contribution in [0.25, 0.3) is 0 Å². The summed E-state index contributed by atoms with van der Waals surface area (Å²) in [5, 5.41) is 8.51. The maximum atomic E-state index is 10.3. The third-order valence-electron chi connectivity index (χ3n) is 1.86. The molecular weight excluding hydrogens is 168 g/mol. The van der Waals surface area contributed by atoms with Gasteiger partial charge in [-0.15, -0.1) is 0 Å². The number of aliphatic carboxylic acids is 1. The minimum absolute atomic E-state index is 0.156. The first-order chi connectivity index (χ1) is 6.13.